The molecule has 1 rings (SSSR count). The third kappa shape index (κ3) is 6.97. The van der Waals surface area contributed by atoms with Gasteiger partial charge >= 0.3 is 0 Å². The summed E-state index contributed by atoms with van der Waals surface area (Å²) in [7, 11) is 4.20. The van der Waals surface area contributed by atoms with Crippen molar-refractivity contribution in [1.29, 1.82) is 0 Å². The SMILES string of the molecule is Cc1cccc(OCCNCCCN(C)C)c1. The fourth-order valence-corrected chi connectivity index (χ4v) is 1.59. The van der Waals surface area contributed by atoms with Crippen LogP contribution in [0.1, 0.15) is 12.0 Å². The monoisotopic (exact) mass is 236 g/mol. The fraction of sp³-hybridized carbons (Fsp3) is 0.571. The molecule has 0 heterocycles. The van der Waals surface area contributed by atoms with Crippen LogP contribution in [0, 0.1) is 6.92 Å². The first-order valence-electron chi connectivity index (χ1n) is 6.23. The van der Waals surface area contributed by atoms with Gasteiger partial charge in [-0.2, -0.15) is 0 Å². The minimum Gasteiger partial charge on any atom is -0.492 e. The van der Waals surface area contributed by atoms with Crippen LogP contribution in [0.2, 0.25) is 0 Å². The van der Waals surface area contributed by atoms with E-state index in [-0.39, 0.29) is 0 Å². The molecule has 0 unspecified atom stereocenters. The summed E-state index contributed by atoms with van der Waals surface area (Å²) in [4.78, 5) is 2.20. The molecule has 3 heteroatoms. The van der Waals surface area contributed by atoms with Gasteiger partial charge < -0.3 is 15.0 Å². The Balaban J connectivity index is 2.01. The van der Waals surface area contributed by atoms with Crippen LogP contribution < -0.4 is 10.1 Å². The van der Waals surface area contributed by atoms with Gasteiger partial charge in [-0.1, -0.05) is 12.1 Å². The van der Waals surface area contributed by atoms with Crippen LogP contribution in [0.4, 0.5) is 0 Å². The van der Waals surface area contributed by atoms with Gasteiger partial charge in [0.15, 0.2) is 0 Å². The largest absolute Gasteiger partial charge is 0.492 e. The number of hydrogen-bond acceptors (Lipinski definition) is 3. The molecule has 0 aliphatic heterocycles. The summed E-state index contributed by atoms with van der Waals surface area (Å²) < 4.78 is 5.64. The Morgan fingerprint density at radius 3 is 2.76 bits per heavy atom. The van der Waals surface area contributed by atoms with Crippen molar-refractivity contribution in [3.8, 4) is 5.75 Å². The number of ether oxygens (including phenoxy) is 1. The molecule has 1 aromatic carbocycles. The van der Waals surface area contributed by atoms with Gasteiger partial charge in [-0.25, -0.2) is 0 Å². The van der Waals surface area contributed by atoms with E-state index in [2.05, 4.69) is 43.4 Å². The van der Waals surface area contributed by atoms with Gasteiger partial charge in [-0.05, 0) is 58.2 Å². The van der Waals surface area contributed by atoms with Crippen LogP contribution in [0.25, 0.3) is 0 Å². The first kappa shape index (κ1) is 14.0. The van der Waals surface area contributed by atoms with Crippen molar-refractivity contribution < 1.29 is 4.74 Å². The standard InChI is InChI=1S/C14H24N2O/c1-13-6-4-7-14(12-13)17-11-9-15-8-5-10-16(2)3/h4,6-7,12,15H,5,8-11H2,1-3H3. The van der Waals surface area contributed by atoms with Crippen LogP contribution in [0.15, 0.2) is 24.3 Å². The van der Waals surface area contributed by atoms with Crippen molar-refractivity contribution in [1.82, 2.24) is 10.2 Å². The summed E-state index contributed by atoms with van der Waals surface area (Å²) >= 11 is 0. The Kier molecular flexibility index (Phi) is 6.67. The first-order valence-corrected chi connectivity index (χ1v) is 6.23. The van der Waals surface area contributed by atoms with Crippen LogP contribution in [0.5, 0.6) is 5.75 Å². The van der Waals surface area contributed by atoms with Gasteiger partial charge in [0.2, 0.25) is 0 Å². The highest BCUT2D eigenvalue weighted by Gasteiger charge is 1.94. The molecule has 1 N–H and O–H groups in total. The number of aryl methyl sites for hydroxylation is 1. The number of benzene rings is 1. The van der Waals surface area contributed by atoms with Gasteiger partial charge in [-0.15, -0.1) is 0 Å². The predicted molar refractivity (Wildman–Crippen MR) is 72.7 cm³/mol. The lowest BCUT2D eigenvalue weighted by Crippen LogP contribution is -2.25. The van der Waals surface area contributed by atoms with E-state index in [0.29, 0.717) is 0 Å². The quantitative estimate of drug-likeness (QED) is 0.698. The van der Waals surface area contributed by atoms with Crippen molar-refractivity contribution in [3.63, 3.8) is 0 Å². The fourth-order valence-electron chi connectivity index (χ4n) is 1.59. The van der Waals surface area contributed by atoms with Gasteiger partial charge in [0.1, 0.15) is 12.4 Å². The van der Waals surface area contributed by atoms with E-state index >= 15 is 0 Å². The molecule has 17 heavy (non-hydrogen) atoms. The Hall–Kier alpha value is -1.06. The van der Waals surface area contributed by atoms with E-state index in [4.69, 9.17) is 4.74 Å². The van der Waals surface area contributed by atoms with E-state index < -0.39 is 0 Å². The highest BCUT2D eigenvalue weighted by molar-refractivity contribution is 5.27. The van der Waals surface area contributed by atoms with E-state index in [0.717, 1.165) is 32.0 Å². The lowest BCUT2D eigenvalue weighted by Gasteiger charge is -2.10. The van der Waals surface area contributed by atoms with Crippen LogP contribution in [0.3, 0.4) is 0 Å². The van der Waals surface area contributed by atoms with Crippen molar-refractivity contribution in [2.75, 3.05) is 40.3 Å². The molecule has 0 atom stereocenters. The Bertz CT molecular complexity index is 313. The number of rotatable bonds is 8. The predicted octanol–water partition coefficient (Wildman–Crippen LogP) is 1.92. The molecule has 0 aliphatic rings. The summed E-state index contributed by atoms with van der Waals surface area (Å²) in [5.74, 6) is 0.958. The maximum atomic E-state index is 5.64. The summed E-state index contributed by atoms with van der Waals surface area (Å²) in [6.07, 6.45) is 1.18. The van der Waals surface area contributed by atoms with Gasteiger partial charge in [0.25, 0.3) is 0 Å². The molecule has 96 valence electrons. The second-order valence-corrected chi connectivity index (χ2v) is 4.57. The van der Waals surface area contributed by atoms with Crippen molar-refractivity contribution in [2.45, 2.75) is 13.3 Å². The molecule has 3 nitrogen and oxygen atoms in total. The topological polar surface area (TPSA) is 24.5 Å². The Morgan fingerprint density at radius 2 is 2.06 bits per heavy atom. The minimum absolute atomic E-state index is 0.728. The summed E-state index contributed by atoms with van der Waals surface area (Å²) in [5.41, 5.74) is 1.24. The van der Waals surface area contributed by atoms with Crippen molar-refractivity contribution >= 4 is 0 Å². The Labute approximate surface area is 105 Å². The number of nitrogens with one attached hydrogen (secondary N) is 1. The number of nitrogens with zero attached hydrogens (tertiary/aromatic N) is 1. The second kappa shape index (κ2) is 8.09. The molecular weight excluding hydrogens is 212 g/mol. The molecular formula is C14H24N2O. The highest BCUT2D eigenvalue weighted by atomic mass is 16.5. The lowest BCUT2D eigenvalue weighted by molar-refractivity contribution is 0.311. The van der Waals surface area contributed by atoms with E-state index in [1.54, 1.807) is 0 Å². The maximum absolute atomic E-state index is 5.64. The van der Waals surface area contributed by atoms with Crippen molar-refractivity contribution in [2.24, 2.45) is 0 Å². The molecule has 0 aromatic heterocycles. The van der Waals surface area contributed by atoms with Gasteiger partial charge in [-0.3, -0.25) is 0 Å². The maximum Gasteiger partial charge on any atom is 0.119 e. The van der Waals surface area contributed by atoms with Crippen LogP contribution >= 0.6 is 0 Å². The summed E-state index contributed by atoms with van der Waals surface area (Å²) in [5, 5.41) is 3.37. The average Bonchev–Trinajstić information content (AvgIpc) is 2.27. The van der Waals surface area contributed by atoms with E-state index in [9.17, 15) is 0 Å². The zero-order chi connectivity index (χ0) is 12.5. The first-order chi connectivity index (χ1) is 8.18. The molecule has 0 spiro atoms. The average molecular weight is 236 g/mol. The Morgan fingerprint density at radius 1 is 1.24 bits per heavy atom. The summed E-state index contributed by atoms with van der Waals surface area (Å²) in [6, 6.07) is 8.16. The minimum atomic E-state index is 0.728. The van der Waals surface area contributed by atoms with Crippen molar-refractivity contribution in [3.05, 3.63) is 29.8 Å². The molecule has 1 aromatic rings. The molecule has 0 saturated heterocycles. The van der Waals surface area contributed by atoms with Gasteiger partial charge in [0.05, 0.1) is 0 Å². The highest BCUT2D eigenvalue weighted by Crippen LogP contribution is 2.11. The molecule has 0 fully saturated rings. The van der Waals surface area contributed by atoms with Crippen LogP contribution in [-0.4, -0.2) is 45.2 Å². The van der Waals surface area contributed by atoms with E-state index in [1.807, 2.05) is 12.1 Å². The number of hydrogen-bond donors (Lipinski definition) is 1. The molecule has 0 amide bonds. The molecule has 0 bridgehead atoms. The van der Waals surface area contributed by atoms with Gasteiger partial charge in [0, 0.05) is 6.54 Å². The lowest BCUT2D eigenvalue weighted by atomic mass is 10.2. The van der Waals surface area contributed by atoms with E-state index in [1.165, 1.54) is 12.0 Å². The second-order valence-electron chi connectivity index (χ2n) is 4.57. The normalized spacial score (nSPS) is 10.8. The smallest absolute Gasteiger partial charge is 0.119 e. The molecule has 0 radical (unpaired) electrons. The third-order valence-corrected chi connectivity index (χ3v) is 2.50. The summed E-state index contributed by atoms with van der Waals surface area (Å²) in [6.45, 7) is 5.89. The zero-order valence-corrected chi connectivity index (χ0v) is 11.2. The molecule has 0 saturated carbocycles. The third-order valence-electron chi connectivity index (χ3n) is 2.50. The zero-order valence-electron chi connectivity index (χ0n) is 11.2. The van der Waals surface area contributed by atoms with Crippen LogP contribution in [-0.2, 0) is 0 Å². The molecule has 0 aliphatic carbocycles.